The Bertz CT molecular complexity index is 501. The van der Waals surface area contributed by atoms with Gasteiger partial charge in [-0.15, -0.1) is 11.3 Å². The number of carbonyl (C=O) groups is 2. The van der Waals surface area contributed by atoms with Crippen LogP contribution in [0.4, 0.5) is 5.00 Å². The van der Waals surface area contributed by atoms with Crippen molar-refractivity contribution >= 4 is 28.2 Å². The third-order valence-electron chi connectivity index (χ3n) is 3.73. The summed E-state index contributed by atoms with van der Waals surface area (Å²) < 4.78 is 0. The molecule has 7 heteroatoms. The summed E-state index contributed by atoms with van der Waals surface area (Å²) in [5, 5.41) is 5.05. The van der Waals surface area contributed by atoms with Crippen molar-refractivity contribution < 1.29 is 9.59 Å². The van der Waals surface area contributed by atoms with Gasteiger partial charge in [-0.25, -0.2) is 0 Å². The molecule has 0 bridgehead atoms. The molecular formula is C14H22N4O2S. The van der Waals surface area contributed by atoms with Gasteiger partial charge in [0.15, 0.2) is 0 Å². The largest absolute Gasteiger partial charge is 0.366 e. The lowest BCUT2D eigenvalue weighted by Crippen LogP contribution is -2.41. The number of piperidine rings is 1. The molecule has 2 heterocycles. The smallest absolute Gasteiger partial charge is 0.251 e. The lowest BCUT2D eigenvalue weighted by molar-refractivity contribution is -0.117. The molecule has 0 saturated carbocycles. The first-order valence-corrected chi connectivity index (χ1v) is 8.07. The quantitative estimate of drug-likeness (QED) is 0.725. The highest BCUT2D eigenvalue weighted by molar-refractivity contribution is 7.14. The van der Waals surface area contributed by atoms with Crippen molar-refractivity contribution in [1.82, 2.24) is 4.90 Å². The van der Waals surface area contributed by atoms with Crippen molar-refractivity contribution in [1.29, 1.82) is 0 Å². The van der Waals surface area contributed by atoms with Gasteiger partial charge in [-0.05, 0) is 49.7 Å². The molecule has 1 fully saturated rings. The van der Waals surface area contributed by atoms with E-state index in [-0.39, 0.29) is 5.91 Å². The number of hydrogen-bond acceptors (Lipinski definition) is 5. The molecule has 1 aromatic rings. The number of hydrogen-bond donors (Lipinski definition) is 3. The summed E-state index contributed by atoms with van der Waals surface area (Å²) in [6.07, 6.45) is 3.30. The van der Waals surface area contributed by atoms with Crippen LogP contribution in [0.1, 0.15) is 29.6 Å². The highest BCUT2D eigenvalue weighted by Gasteiger charge is 2.21. The first-order valence-electron chi connectivity index (χ1n) is 7.19. The SMILES string of the molecule is NCCC1CCCN(CC(=O)Nc2sccc2C(N)=O)C1. The molecule has 2 amide bonds. The Morgan fingerprint density at radius 3 is 3.00 bits per heavy atom. The minimum absolute atomic E-state index is 0.103. The number of primary amides is 1. The van der Waals surface area contributed by atoms with Gasteiger partial charge < -0.3 is 16.8 Å². The van der Waals surface area contributed by atoms with E-state index < -0.39 is 5.91 Å². The number of nitrogens with zero attached hydrogens (tertiary/aromatic N) is 1. The number of rotatable bonds is 6. The van der Waals surface area contributed by atoms with Crippen LogP contribution in [-0.4, -0.2) is 42.9 Å². The molecule has 1 atom stereocenters. The standard InChI is InChI=1S/C14H22N4O2S/c15-5-3-10-2-1-6-18(8-10)9-12(19)17-14-11(13(16)20)4-7-21-14/h4,7,10H,1-3,5-6,8-9,15H2,(H2,16,20)(H,17,19). The first-order chi connectivity index (χ1) is 10.1. The number of thiophene rings is 1. The molecule has 5 N–H and O–H groups in total. The summed E-state index contributed by atoms with van der Waals surface area (Å²) in [6, 6.07) is 1.63. The summed E-state index contributed by atoms with van der Waals surface area (Å²) in [6.45, 7) is 2.89. The summed E-state index contributed by atoms with van der Waals surface area (Å²) >= 11 is 1.31. The maximum atomic E-state index is 12.1. The van der Waals surface area contributed by atoms with E-state index in [0.29, 0.717) is 29.6 Å². The Balaban J connectivity index is 1.86. The third-order valence-corrected chi connectivity index (χ3v) is 4.56. The van der Waals surface area contributed by atoms with Crippen molar-refractivity contribution in [3.05, 3.63) is 17.0 Å². The summed E-state index contributed by atoms with van der Waals surface area (Å²) in [7, 11) is 0. The molecule has 1 aliphatic heterocycles. The number of carbonyl (C=O) groups excluding carboxylic acids is 2. The Kier molecular flexibility index (Phi) is 5.72. The van der Waals surface area contributed by atoms with E-state index in [4.69, 9.17) is 11.5 Å². The molecule has 6 nitrogen and oxygen atoms in total. The summed E-state index contributed by atoms with van der Waals surface area (Å²) in [5.41, 5.74) is 11.2. The minimum Gasteiger partial charge on any atom is -0.366 e. The maximum Gasteiger partial charge on any atom is 0.251 e. The van der Waals surface area contributed by atoms with Crippen LogP contribution in [0.5, 0.6) is 0 Å². The van der Waals surface area contributed by atoms with Gasteiger partial charge in [0.2, 0.25) is 5.91 Å². The fourth-order valence-electron chi connectivity index (χ4n) is 2.74. The van der Waals surface area contributed by atoms with Gasteiger partial charge in [-0.2, -0.15) is 0 Å². The van der Waals surface area contributed by atoms with Crippen LogP contribution in [-0.2, 0) is 4.79 Å². The van der Waals surface area contributed by atoms with E-state index in [1.165, 1.54) is 17.8 Å². The monoisotopic (exact) mass is 310 g/mol. The number of anilines is 1. The lowest BCUT2D eigenvalue weighted by Gasteiger charge is -2.31. The van der Waals surface area contributed by atoms with E-state index >= 15 is 0 Å². The Hall–Kier alpha value is -1.44. The van der Waals surface area contributed by atoms with Gasteiger partial charge in [0, 0.05) is 6.54 Å². The van der Waals surface area contributed by atoms with Crippen LogP contribution in [0.15, 0.2) is 11.4 Å². The van der Waals surface area contributed by atoms with Gasteiger partial charge in [-0.1, -0.05) is 0 Å². The topological polar surface area (TPSA) is 101 Å². The van der Waals surface area contributed by atoms with Crippen LogP contribution in [0.2, 0.25) is 0 Å². The van der Waals surface area contributed by atoms with Gasteiger partial charge in [0.25, 0.3) is 5.91 Å². The second-order valence-corrected chi connectivity index (χ2v) is 6.31. The second-order valence-electron chi connectivity index (χ2n) is 5.40. The molecule has 21 heavy (non-hydrogen) atoms. The Morgan fingerprint density at radius 1 is 1.48 bits per heavy atom. The van der Waals surface area contributed by atoms with Crippen LogP contribution in [0.25, 0.3) is 0 Å². The molecule has 1 saturated heterocycles. The van der Waals surface area contributed by atoms with Gasteiger partial charge in [0.05, 0.1) is 12.1 Å². The highest BCUT2D eigenvalue weighted by atomic mass is 32.1. The van der Waals surface area contributed by atoms with E-state index in [0.717, 1.165) is 25.9 Å². The lowest BCUT2D eigenvalue weighted by atomic mass is 9.95. The maximum absolute atomic E-state index is 12.1. The van der Waals surface area contributed by atoms with Crippen molar-refractivity contribution in [3.8, 4) is 0 Å². The van der Waals surface area contributed by atoms with E-state index in [1.807, 2.05) is 0 Å². The van der Waals surface area contributed by atoms with E-state index in [1.54, 1.807) is 11.4 Å². The molecule has 0 radical (unpaired) electrons. The molecule has 1 aliphatic rings. The molecule has 116 valence electrons. The van der Waals surface area contributed by atoms with Crippen LogP contribution >= 0.6 is 11.3 Å². The molecule has 1 unspecified atom stereocenters. The fraction of sp³-hybridized carbons (Fsp3) is 0.571. The average molecular weight is 310 g/mol. The molecule has 1 aromatic heterocycles. The summed E-state index contributed by atoms with van der Waals surface area (Å²) in [5.74, 6) is -0.0413. The zero-order valence-corrected chi connectivity index (χ0v) is 12.8. The molecule has 2 rings (SSSR count). The summed E-state index contributed by atoms with van der Waals surface area (Å²) in [4.78, 5) is 25.5. The molecule has 0 aliphatic carbocycles. The van der Waals surface area contributed by atoms with Gasteiger partial charge >= 0.3 is 0 Å². The zero-order chi connectivity index (χ0) is 15.2. The van der Waals surface area contributed by atoms with Crippen molar-refractivity contribution in [2.24, 2.45) is 17.4 Å². The predicted octanol–water partition coefficient (Wildman–Crippen LogP) is 0.846. The van der Waals surface area contributed by atoms with Crippen LogP contribution < -0.4 is 16.8 Å². The van der Waals surface area contributed by atoms with Crippen molar-refractivity contribution in [2.45, 2.75) is 19.3 Å². The number of nitrogens with two attached hydrogens (primary N) is 2. The van der Waals surface area contributed by atoms with Crippen molar-refractivity contribution in [3.63, 3.8) is 0 Å². The molecular weight excluding hydrogens is 288 g/mol. The molecule has 0 spiro atoms. The number of likely N-dealkylation sites (tertiary alicyclic amines) is 1. The average Bonchev–Trinajstić information content (AvgIpc) is 2.87. The normalized spacial score (nSPS) is 19.4. The zero-order valence-electron chi connectivity index (χ0n) is 12.0. The third kappa shape index (κ3) is 4.52. The second kappa shape index (κ2) is 7.53. The highest BCUT2D eigenvalue weighted by Crippen LogP contribution is 2.23. The number of nitrogens with one attached hydrogen (secondary N) is 1. The Morgan fingerprint density at radius 2 is 2.29 bits per heavy atom. The van der Waals surface area contributed by atoms with Crippen LogP contribution in [0.3, 0.4) is 0 Å². The predicted molar refractivity (Wildman–Crippen MR) is 84.3 cm³/mol. The van der Waals surface area contributed by atoms with E-state index in [2.05, 4.69) is 10.2 Å². The Labute approximate surface area is 128 Å². The fourth-order valence-corrected chi connectivity index (χ4v) is 3.54. The minimum atomic E-state index is -0.521. The van der Waals surface area contributed by atoms with Crippen LogP contribution in [0, 0.1) is 5.92 Å². The van der Waals surface area contributed by atoms with Crippen molar-refractivity contribution in [2.75, 3.05) is 31.5 Å². The number of amides is 2. The van der Waals surface area contributed by atoms with Gasteiger partial charge in [0.1, 0.15) is 5.00 Å². The first kappa shape index (κ1) is 15.9. The van der Waals surface area contributed by atoms with Gasteiger partial charge in [-0.3, -0.25) is 14.5 Å². The molecule has 0 aromatic carbocycles. The van der Waals surface area contributed by atoms with E-state index in [9.17, 15) is 9.59 Å².